The first-order valence-corrected chi connectivity index (χ1v) is 17.3. The number of fused-ring (bicyclic) bond motifs is 1. The minimum absolute atomic E-state index is 0.176. The zero-order valence-corrected chi connectivity index (χ0v) is 29.3. The van der Waals surface area contributed by atoms with E-state index >= 15 is 0 Å². The van der Waals surface area contributed by atoms with E-state index in [0.29, 0.717) is 28.7 Å². The first-order chi connectivity index (χ1) is 21.8. The van der Waals surface area contributed by atoms with E-state index in [-0.39, 0.29) is 16.4 Å². The monoisotopic (exact) mass is 659 g/mol. The summed E-state index contributed by atoms with van der Waals surface area (Å²) in [5.41, 5.74) is 7.62. The van der Waals surface area contributed by atoms with Crippen molar-refractivity contribution in [3.63, 3.8) is 0 Å². The van der Waals surface area contributed by atoms with Crippen molar-refractivity contribution in [3.05, 3.63) is 66.6 Å². The van der Waals surface area contributed by atoms with Gasteiger partial charge >= 0.3 is 0 Å². The Hall–Kier alpha value is -3.61. The molecular weight excluding hydrogens is 608 g/mol. The summed E-state index contributed by atoms with van der Waals surface area (Å²) in [6.45, 7) is 14.0. The summed E-state index contributed by atoms with van der Waals surface area (Å²) in [6, 6.07) is 9.16. The fourth-order valence-corrected chi connectivity index (χ4v) is 5.64. The molecule has 0 radical (unpaired) electrons. The van der Waals surface area contributed by atoms with Gasteiger partial charge in [0.1, 0.15) is 29.4 Å². The van der Waals surface area contributed by atoms with Crippen LogP contribution < -0.4 is 10.5 Å². The predicted molar refractivity (Wildman–Crippen MR) is 186 cm³/mol. The third-order valence-corrected chi connectivity index (χ3v) is 8.84. The molecule has 254 valence electrons. The highest BCUT2D eigenvalue weighted by atomic mass is 32.2. The predicted octanol–water partition coefficient (Wildman–Crippen LogP) is 7.25. The molecule has 9 nitrogen and oxygen atoms in total. The van der Waals surface area contributed by atoms with E-state index in [1.54, 1.807) is 6.07 Å². The van der Waals surface area contributed by atoms with E-state index in [0.717, 1.165) is 43.3 Å². The molecule has 0 saturated carbocycles. The molecule has 0 aliphatic carbocycles. The van der Waals surface area contributed by atoms with Gasteiger partial charge in [-0.2, -0.15) is 0 Å². The van der Waals surface area contributed by atoms with Crippen LogP contribution in [-0.4, -0.2) is 73.0 Å². The van der Waals surface area contributed by atoms with Crippen molar-refractivity contribution in [2.45, 2.75) is 77.8 Å². The average Bonchev–Trinajstić information content (AvgIpc) is 3.39. The number of nitrogen functional groups attached to an aromatic ring is 1. The maximum absolute atomic E-state index is 14.8. The van der Waals surface area contributed by atoms with Gasteiger partial charge in [0, 0.05) is 24.3 Å². The lowest BCUT2D eigenvalue weighted by molar-refractivity contribution is 0.245. The summed E-state index contributed by atoms with van der Waals surface area (Å²) >= 11 is 0. The van der Waals surface area contributed by atoms with Crippen molar-refractivity contribution in [1.29, 1.82) is 0 Å². The second-order valence-corrected chi connectivity index (χ2v) is 13.1. The van der Waals surface area contributed by atoms with Crippen LogP contribution in [0, 0.1) is 11.6 Å². The Morgan fingerprint density at radius 3 is 2.15 bits per heavy atom. The minimum Gasteiger partial charge on any atom is -0.383 e. The molecule has 4 aromatic rings. The number of anilines is 2. The van der Waals surface area contributed by atoms with Crippen LogP contribution in [0.2, 0.25) is 0 Å². The van der Waals surface area contributed by atoms with E-state index in [2.05, 4.69) is 73.3 Å². The van der Waals surface area contributed by atoms with Crippen LogP contribution in [0.3, 0.4) is 0 Å². The highest BCUT2D eigenvalue weighted by Gasteiger charge is 2.19. The SMILES string of the molecule is CCC[C@H](C)N(C)CCC.CCCn1cc(-c2ccc(NS(=O)(=O)c3ccc(F)cc3)c(F)c2)c2c(N)ncnc21.CCN(C)C. The maximum Gasteiger partial charge on any atom is 0.261 e. The standard InChI is InChI=1S/C21H19F2N5O2S.C9H21N.C4H11N/c1-2-9-28-11-16(19-20(24)25-12-26-21(19)28)13-3-8-18(17(23)10-13)27-31(29,30)15-6-4-14(22)5-7-15;1-5-7-9(3)10(4)8-6-2;1-4-5(2)3/h3-8,10-12,27H,2,9H2,1H3,(H2,24,25,26);9H,5-8H2,1-4H3;4H2,1-3H3/t;9-;/m.0./s1. The molecule has 2 heterocycles. The van der Waals surface area contributed by atoms with Gasteiger partial charge < -0.3 is 20.1 Å². The molecule has 2 aromatic heterocycles. The quantitative estimate of drug-likeness (QED) is 0.165. The number of nitrogens with two attached hydrogens (primary N) is 1. The summed E-state index contributed by atoms with van der Waals surface area (Å²) in [5, 5.41) is 0.606. The lowest BCUT2D eigenvalue weighted by atomic mass is 10.1. The molecule has 1 atom stereocenters. The van der Waals surface area contributed by atoms with Crippen LogP contribution >= 0.6 is 0 Å². The van der Waals surface area contributed by atoms with Gasteiger partial charge in [0.25, 0.3) is 10.0 Å². The largest absolute Gasteiger partial charge is 0.383 e. The number of nitrogens with zero attached hydrogens (tertiary/aromatic N) is 5. The highest BCUT2D eigenvalue weighted by Crippen LogP contribution is 2.34. The second-order valence-electron chi connectivity index (χ2n) is 11.5. The number of benzene rings is 2. The topological polar surface area (TPSA) is 109 Å². The van der Waals surface area contributed by atoms with Gasteiger partial charge in [-0.3, -0.25) is 4.72 Å². The molecule has 0 bridgehead atoms. The molecule has 2 aromatic carbocycles. The van der Waals surface area contributed by atoms with Crippen molar-refractivity contribution in [1.82, 2.24) is 24.3 Å². The number of nitrogens with one attached hydrogen (secondary N) is 1. The zero-order valence-electron chi connectivity index (χ0n) is 28.5. The highest BCUT2D eigenvalue weighted by molar-refractivity contribution is 7.92. The lowest BCUT2D eigenvalue weighted by Crippen LogP contribution is -2.29. The van der Waals surface area contributed by atoms with Gasteiger partial charge in [-0.1, -0.05) is 40.2 Å². The van der Waals surface area contributed by atoms with E-state index in [1.807, 2.05) is 17.7 Å². The molecule has 0 aliphatic heterocycles. The van der Waals surface area contributed by atoms with Crippen LogP contribution in [0.25, 0.3) is 22.2 Å². The first kappa shape index (κ1) is 38.6. The normalized spacial score (nSPS) is 12.0. The summed E-state index contributed by atoms with van der Waals surface area (Å²) < 4.78 is 57.0. The Labute approximate surface area is 273 Å². The van der Waals surface area contributed by atoms with Gasteiger partial charge in [-0.25, -0.2) is 27.2 Å². The third-order valence-electron chi connectivity index (χ3n) is 7.46. The number of rotatable bonds is 12. The van der Waals surface area contributed by atoms with Crippen molar-refractivity contribution >= 4 is 32.6 Å². The van der Waals surface area contributed by atoms with E-state index in [9.17, 15) is 17.2 Å². The molecule has 46 heavy (non-hydrogen) atoms. The Morgan fingerprint density at radius 2 is 1.61 bits per heavy atom. The Morgan fingerprint density at radius 1 is 0.957 bits per heavy atom. The molecule has 0 unspecified atom stereocenters. The molecule has 0 aliphatic rings. The number of aromatic nitrogens is 3. The number of hydrogen-bond acceptors (Lipinski definition) is 7. The van der Waals surface area contributed by atoms with Gasteiger partial charge in [-0.05, 0) is 102 Å². The molecule has 0 saturated heterocycles. The van der Waals surface area contributed by atoms with E-state index < -0.39 is 21.7 Å². The van der Waals surface area contributed by atoms with Gasteiger partial charge in [-0.15, -0.1) is 0 Å². The summed E-state index contributed by atoms with van der Waals surface area (Å²) in [4.78, 5) is 12.7. The van der Waals surface area contributed by atoms with Gasteiger partial charge in [0.05, 0.1) is 16.0 Å². The molecule has 4 rings (SSSR count). The first-order valence-electron chi connectivity index (χ1n) is 15.8. The average molecular weight is 660 g/mol. The fourth-order valence-electron chi connectivity index (χ4n) is 4.57. The summed E-state index contributed by atoms with van der Waals surface area (Å²) in [5.74, 6) is -1.06. The molecular formula is C34H51F2N7O2S. The third kappa shape index (κ3) is 11.0. The van der Waals surface area contributed by atoms with Crippen LogP contribution in [0.5, 0.6) is 0 Å². The van der Waals surface area contributed by atoms with Crippen LogP contribution in [0.15, 0.2) is 59.9 Å². The molecule has 3 N–H and O–H groups in total. The lowest BCUT2D eigenvalue weighted by Gasteiger charge is -2.23. The Balaban J connectivity index is 0.000000410. The molecule has 0 amide bonds. The van der Waals surface area contributed by atoms with Crippen LogP contribution in [0.1, 0.15) is 60.3 Å². The van der Waals surface area contributed by atoms with E-state index in [4.69, 9.17) is 5.73 Å². The van der Waals surface area contributed by atoms with Crippen molar-refractivity contribution in [2.24, 2.45) is 0 Å². The van der Waals surface area contributed by atoms with Crippen molar-refractivity contribution < 1.29 is 17.2 Å². The number of hydrogen-bond donors (Lipinski definition) is 2. The van der Waals surface area contributed by atoms with Crippen LogP contribution in [-0.2, 0) is 16.6 Å². The molecule has 12 heteroatoms. The summed E-state index contributed by atoms with van der Waals surface area (Å²) in [6.07, 6.45) is 7.97. The van der Waals surface area contributed by atoms with Crippen LogP contribution in [0.4, 0.5) is 20.3 Å². The smallest absolute Gasteiger partial charge is 0.261 e. The maximum atomic E-state index is 14.8. The Bertz CT molecular complexity index is 1600. The van der Waals surface area contributed by atoms with E-state index in [1.165, 1.54) is 44.3 Å². The fraction of sp³-hybridized carbons (Fsp3) is 0.471. The van der Waals surface area contributed by atoms with Gasteiger partial charge in [0.15, 0.2) is 0 Å². The molecule has 0 fully saturated rings. The minimum atomic E-state index is -4.08. The number of aryl methyl sites for hydroxylation is 1. The Kier molecular flexibility index (Phi) is 15.5. The zero-order chi connectivity index (χ0) is 34.4. The van der Waals surface area contributed by atoms with Crippen molar-refractivity contribution in [3.8, 4) is 11.1 Å². The second kappa shape index (κ2) is 18.5. The molecule has 0 spiro atoms. The van der Waals surface area contributed by atoms with Gasteiger partial charge in [0.2, 0.25) is 0 Å². The number of halogens is 2. The van der Waals surface area contributed by atoms with Crippen molar-refractivity contribution in [2.75, 3.05) is 44.7 Å². The summed E-state index contributed by atoms with van der Waals surface area (Å²) in [7, 11) is 2.25. The number of sulfonamides is 1.